The molecular weight excluding hydrogens is 678 g/mol. The van der Waals surface area contributed by atoms with Crippen molar-refractivity contribution in [2.75, 3.05) is 11.5 Å². The third-order valence-corrected chi connectivity index (χ3v) is 9.81. The van der Waals surface area contributed by atoms with Gasteiger partial charge in [0.2, 0.25) is 11.8 Å². The summed E-state index contributed by atoms with van der Waals surface area (Å²) in [6, 6.07) is 15.0. The summed E-state index contributed by atoms with van der Waals surface area (Å²) < 4.78 is 5.95. The van der Waals surface area contributed by atoms with Gasteiger partial charge < -0.3 is 4.74 Å². The van der Waals surface area contributed by atoms with E-state index in [1.807, 2.05) is 19.1 Å². The first kappa shape index (κ1) is 31.3. The average Bonchev–Trinajstić information content (AvgIpc) is 3.32. The number of ketones is 1. The summed E-state index contributed by atoms with van der Waals surface area (Å²) in [7, 11) is 0. The van der Waals surface area contributed by atoms with Crippen molar-refractivity contribution in [2.24, 2.45) is 17.8 Å². The monoisotopic (exact) mass is 701 g/mol. The molecule has 1 saturated heterocycles. The van der Waals surface area contributed by atoms with Gasteiger partial charge in [-0.3, -0.25) is 29.4 Å². The molecule has 2 amide bonds. The molecule has 0 radical (unpaired) electrons. The Hall–Kier alpha value is -4.74. The highest BCUT2D eigenvalue weighted by molar-refractivity contribution is 9.10. The molecular formula is C34H25BrClN3O7. The number of hydrogen-bond acceptors (Lipinski definition) is 8. The van der Waals surface area contributed by atoms with Crippen LogP contribution in [0.4, 0.5) is 11.4 Å². The predicted molar refractivity (Wildman–Crippen MR) is 175 cm³/mol. The standard InChI is InChI=1S/C34H25BrClN3O7/c1-17-4-3-5-23-29(17)33(42)38(32(23)41)21-10-6-19(7-11-21)27-15-25(24-14-26(35)30(36)18(2)31(24)37-27)34(43)46-16-28(40)20-8-12-22(13-9-20)39(44)45/h3-4,6-15,17,23,29H,5,16H2,1-2H3. The van der Waals surface area contributed by atoms with E-state index in [2.05, 4.69) is 15.9 Å². The topological polar surface area (TPSA) is 137 Å². The maximum absolute atomic E-state index is 13.5. The van der Waals surface area contributed by atoms with Crippen molar-refractivity contribution < 1.29 is 28.8 Å². The lowest BCUT2D eigenvalue weighted by Gasteiger charge is -2.22. The minimum atomic E-state index is -0.784. The molecule has 3 unspecified atom stereocenters. The summed E-state index contributed by atoms with van der Waals surface area (Å²) in [5, 5.41) is 11.8. The molecule has 1 aliphatic carbocycles. The molecule has 4 aromatic rings. The number of imide groups is 1. The van der Waals surface area contributed by atoms with E-state index in [1.165, 1.54) is 29.2 Å². The summed E-state index contributed by atoms with van der Waals surface area (Å²) in [6.45, 7) is 3.12. The van der Waals surface area contributed by atoms with Gasteiger partial charge >= 0.3 is 5.97 Å². The number of ether oxygens (including phenoxy) is 1. The van der Waals surface area contributed by atoms with Gasteiger partial charge in [0, 0.05) is 33.1 Å². The van der Waals surface area contributed by atoms with Gasteiger partial charge in [-0.1, -0.05) is 42.8 Å². The number of anilines is 1. The van der Waals surface area contributed by atoms with Crippen molar-refractivity contribution in [1.29, 1.82) is 0 Å². The zero-order chi connectivity index (χ0) is 32.9. The Labute approximate surface area is 276 Å². The van der Waals surface area contributed by atoms with Crippen molar-refractivity contribution in [3.8, 4) is 11.3 Å². The minimum absolute atomic E-state index is 0.0287. The number of rotatable bonds is 7. The maximum Gasteiger partial charge on any atom is 0.339 e. The molecule has 46 heavy (non-hydrogen) atoms. The largest absolute Gasteiger partial charge is 0.454 e. The van der Waals surface area contributed by atoms with Crippen LogP contribution in [0.25, 0.3) is 22.2 Å². The molecule has 0 spiro atoms. The summed E-state index contributed by atoms with van der Waals surface area (Å²) >= 11 is 9.93. The molecule has 1 aromatic heterocycles. The second-order valence-electron chi connectivity index (χ2n) is 11.3. The van der Waals surface area contributed by atoms with Gasteiger partial charge in [-0.15, -0.1) is 0 Å². The van der Waals surface area contributed by atoms with E-state index in [4.69, 9.17) is 21.3 Å². The number of halogens is 2. The van der Waals surface area contributed by atoms with Crippen LogP contribution in [0.3, 0.4) is 0 Å². The van der Waals surface area contributed by atoms with E-state index in [9.17, 15) is 29.3 Å². The summed E-state index contributed by atoms with van der Waals surface area (Å²) in [6.07, 6.45) is 4.47. The zero-order valence-corrected chi connectivity index (χ0v) is 26.9. The third-order valence-electron chi connectivity index (χ3n) is 8.47. The lowest BCUT2D eigenvalue weighted by Crippen LogP contribution is -2.31. The fourth-order valence-corrected chi connectivity index (χ4v) is 6.69. The number of hydrogen-bond donors (Lipinski definition) is 0. The molecule has 0 saturated carbocycles. The second kappa shape index (κ2) is 12.2. The van der Waals surface area contributed by atoms with Crippen molar-refractivity contribution >= 4 is 73.4 Å². The normalized spacial score (nSPS) is 19.0. The number of carbonyl (C=O) groups excluding carboxylic acids is 4. The average molecular weight is 703 g/mol. The van der Waals surface area contributed by atoms with E-state index in [-0.39, 0.29) is 46.4 Å². The Morgan fingerprint density at radius 1 is 1.09 bits per heavy atom. The van der Waals surface area contributed by atoms with Crippen molar-refractivity contribution in [2.45, 2.75) is 20.3 Å². The molecule has 1 aliphatic heterocycles. The number of esters is 1. The number of carbonyl (C=O) groups is 4. The molecule has 0 bridgehead atoms. The smallest absolute Gasteiger partial charge is 0.339 e. The SMILES string of the molecule is Cc1c(Cl)c(Br)cc2c(C(=O)OCC(=O)c3ccc([N+](=O)[O-])cc3)cc(-c3ccc(N4C(=O)C5CC=CC(C)C5C4=O)cc3)nc12. The van der Waals surface area contributed by atoms with Gasteiger partial charge in [0.05, 0.1) is 44.2 Å². The predicted octanol–water partition coefficient (Wildman–Crippen LogP) is 7.28. The lowest BCUT2D eigenvalue weighted by molar-refractivity contribution is -0.384. The van der Waals surface area contributed by atoms with Crippen LogP contribution in [-0.4, -0.2) is 40.1 Å². The number of nitro benzene ring substituents is 1. The molecule has 10 nitrogen and oxygen atoms in total. The van der Waals surface area contributed by atoms with E-state index < -0.39 is 23.3 Å². The Bertz CT molecular complexity index is 1990. The van der Waals surface area contributed by atoms with Gasteiger partial charge in [0.15, 0.2) is 12.4 Å². The fraction of sp³-hybridized carbons (Fsp3) is 0.206. The fourth-order valence-electron chi connectivity index (χ4n) is 6.02. The molecule has 232 valence electrons. The van der Waals surface area contributed by atoms with Crippen LogP contribution >= 0.6 is 27.5 Å². The number of aryl methyl sites for hydroxylation is 1. The second-order valence-corrected chi connectivity index (χ2v) is 12.5. The Balaban J connectivity index is 1.31. The van der Waals surface area contributed by atoms with Gasteiger partial charge in [-0.25, -0.2) is 9.78 Å². The zero-order valence-electron chi connectivity index (χ0n) is 24.5. The number of allylic oxidation sites excluding steroid dienone is 2. The quantitative estimate of drug-likeness (QED) is 0.0490. The first-order valence-electron chi connectivity index (χ1n) is 14.3. The highest BCUT2D eigenvalue weighted by Gasteiger charge is 2.50. The molecule has 1 fully saturated rings. The Morgan fingerprint density at radius 3 is 2.43 bits per heavy atom. The summed E-state index contributed by atoms with van der Waals surface area (Å²) in [5.41, 5.74) is 2.64. The number of fused-ring (bicyclic) bond motifs is 2. The van der Waals surface area contributed by atoms with Gasteiger partial charge in [-0.2, -0.15) is 0 Å². The van der Waals surface area contributed by atoms with E-state index in [0.29, 0.717) is 49.3 Å². The Kier molecular flexibility index (Phi) is 8.30. The number of amides is 2. The molecule has 3 aromatic carbocycles. The van der Waals surface area contributed by atoms with Gasteiger partial charge in [-0.05, 0) is 77.2 Å². The minimum Gasteiger partial charge on any atom is -0.454 e. The lowest BCUT2D eigenvalue weighted by atomic mass is 9.78. The van der Waals surface area contributed by atoms with E-state index in [1.54, 1.807) is 43.3 Å². The highest BCUT2D eigenvalue weighted by atomic mass is 79.9. The van der Waals surface area contributed by atoms with Crippen molar-refractivity contribution in [3.63, 3.8) is 0 Å². The summed E-state index contributed by atoms with van der Waals surface area (Å²) in [4.78, 5) is 69.0. The van der Waals surface area contributed by atoms with Gasteiger partial charge in [0.1, 0.15) is 0 Å². The van der Waals surface area contributed by atoms with Crippen LogP contribution in [0, 0.1) is 34.8 Å². The first-order chi connectivity index (χ1) is 22.0. The molecule has 2 aliphatic rings. The van der Waals surface area contributed by atoms with Crippen LogP contribution < -0.4 is 4.90 Å². The third kappa shape index (κ3) is 5.50. The van der Waals surface area contributed by atoms with E-state index >= 15 is 0 Å². The van der Waals surface area contributed by atoms with Crippen LogP contribution in [-0.2, 0) is 14.3 Å². The summed E-state index contributed by atoms with van der Waals surface area (Å²) in [5.74, 6) is -2.53. The number of pyridine rings is 1. The number of aromatic nitrogens is 1. The number of nitro groups is 1. The number of non-ortho nitro benzene ring substituents is 1. The van der Waals surface area contributed by atoms with Crippen LogP contribution in [0.15, 0.2) is 77.3 Å². The number of benzene rings is 3. The molecule has 2 heterocycles. The maximum atomic E-state index is 13.5. The molecule has 6 rings (SSSR count). The highest BCUT2D eigenvalue weighted by Crippen LogP contribution is 2.41. The van der Waals surface area contributed by atoms with Crippen molar-refractivity contribution in [1.82, 2.24) is 4.98 Å². The van der Waals surface area contributed by atoms with Gasteiger partial charge in [0.25, 0.3) is 5.69 Å². The number of nitrogens with zero attached hydrogens (tertiary/aromatic N) is 3. The van der Waals surface area contributed by atoms with Crippen molar-refractivity contribution in [3.05, 3.63) is 109 Å². The first-order valence-corrected chi connectivity index (χ1v) is 15.5. The molecule has 3 atom stereocenters. The van der Waals surface area contributed by atoms with Crippen LogP contribution in [0.1, 0.15) is 39.6 Å². The Morgan fingerprint density at radius 2 is 1.78 bits per heavy atom. The number of Topliss-reactive ketones (excluding diaryl/α,β-unsaturated/α-hetero) is 1. The van der Waals surface area contributed by atoms with Crippen LogP contribution in [0.5, 0.6) is 0 Å². The molecule has 0 N–H and O–H groups in total. The molecule has 12 heteroatoms. The van der Waals surface area contributed by atoms with Crippen LogP contribution in [0.2, 0.25) is 5.02 Å². The van der Waals surface area contributed by atoms with E-state index in [0.717, 1.165) is 0 Å².